The zero-order valence-corrected chi connectivity index (χ0v) is 17.8. The van der Waals surface area contributed by atoms with Gasteiger partial charge in [-0.15, -0.1) is 0 Å². The Balaban J connectivity index is 1.36. The Morgan fingerprint density at radius 1 is 0.909 bits per heavy atom. The fraction of sp³-hybridized carbons (Fsp3) is 0.0800. The maximum Gasteiger partial charge on any atom is 0.323 e. The fourth-order valence-electron chi connectivity index (χ4n) is 3.28. The van der Waals surface area contributed by atoms with Gasteiger partial charge in [0.2, 0.25) is 0 Å². The number of carbonyl (C=O) groups is 2. The number of aryl methyl sites for hydroxylation is 1. The number of anilines is 2. The third-order valence-corrected chi connectivity index (χ3v) is 4.85. The minimum Gasteiger partial charge on any atom is -0.463 e. The molecular weight excluding hydrogens is 420 g/mol. The van der Waals surface area contributed by atoms with Crippen LogP contribution in [0.1, 0.15) is 21.5 Å². The molecule has 4 aromatic rings. The van der Waals surface area contributed by atoms with Gasteiger partial charge in [0.05, 0.1) is 12.0 Å². The lowest BCUT2D eigenvalue weighted by molar-refractivity contribution is 0.0949. The zero-order chi connectivity index (χ0) is 23.2. The van der Waals surface area contributed by atoms with Crippen molar-refractivity contribution in [1.82, 2.24) is 10.3 Å². The van der Waals surface area contributed by atoms with Gasteiger partial charge in [0.25, 0.3) is 11.5 Å². The zero-order valence-electron chi connectivity index (χ0n) is 17.8. The summed E-state index contributed by atoms with van der Waals surface area (Å²) >= 11 is 0. The fourth-order valence-corrected chi connectivity index (χ4v) is 3.28. The molecule has 0 aliphatic carbocycles. The van der Waals surface area contributed by atoms with E-state index in [4.69, 9.17) is 4.42 Å². The number of hydrogen-bond donors (Lipinski definition) is 4. The molecule has 0 unspecified atom stereocenters. The number of urea groups is 1. The Morgan fingerprint density at radius 2 is 1.67 bits per heavy atom. The first-order valence-electron chi connectivity index (χ1n) is 10.3. The van der Waals surface area contributed by atoms with E-state index in [-0.39, 0.29) is 18.1 Å². The standard InChI is InChI=1S/C25H22N4O4/c1-16-5-2-7-18(13-16)27-25(32)28-19-8-3-6-17(14-19)15-26-23(30)20-10-11-21(29-24(20)31)22-9-4-12-33-22/h2-14H,15H2,1H3,(H,26,30)(H,29,31)(H2,27,28,32). The number of amides is 3. The van der Waals surface area contributed by atoms with Gasteiger partial charge in [-0.1, -0.05) is 24.3 Å². The van der Waals surface area contributed by atoms with Gasteiger partial charge in [-0.25, -0.2) is 4.79 Å². The summed E-state index contributed by atoms with van der Waals surface area (Å²) in [6.07, 6.45) is 1.50. The van der Waals surface area contributed by atoms with Gasteiger partial charge < -0.3 is 25.4 Å². The van der Waals surface area contributed by atoms with Crippen molar-refractivity contribution < 1.29 is 14.0 Å². The second kappa shape index (κ2) is 9.69. The molecule has 8 nitrogen and oxygen atoms in total. The second-order valence-electron chi connectivity index (χ2n) is 7.42. The molecule has 0 spiro atoms. The number of H-pyrrole nitrogens is 1. The summed E-state index contributed by atoms with van der Waals surface area (Å²) in [5.74, 6) is 0.00704. The SMILES string of the molecule is Cc1cccc(NC(=O)Nc2cccc(CNC(=O)c3ccc(-c4ccco4)[nH]c3=O)c2)c1. The molecule has 2 aromatic heterocycles. The molecule has 0 saturated heterocycles. The normalized spacial score (nSPS) is 10.5. The molecule has 0 bridgehead atoms. The van der Waals surface area contributed by atoms with Gasteiger partial charge >= 0.3 is 6.03 Å². The number of rotatable bonds is 6. The number of pyridine rings is 1. The Morgan fingerprint density at radius 3 is 2.36 bits per heavy atom. The number of aromatic amines is 1. The summed E-state index contributed by atoms with van der Waals surface area (Å²) in [6, 6.07) is 20.7. The van der Waals surface area contributed by atoms with Crippen LogP contribution in [-0.2, 0) is 6.54 Å². The summed E-state index contributed by atoms with van der Waals surface area (Å²) < 4.78 is 5.25. The summed E-state index contributed by atoms with van der Waals surface area (Å²) in [5.41, 5.74) is 3.05. The van der Waals surface area contributed by atoms with Crippen molar-refractivity contribution >= 4 is 23.3 Å². The van der Waals surface area contributed by atoms with Crippen LogP contribution in [0.15, 0.2) is 88.3 Å². The average Bonchev–Trinajstić information content (AvgIpc) is 3.33. The van der Waals surface area contributed by atoms with E-state index in [9.17, 15) is 14.4 Å². The van der Waals surface area contributed by atoms with Gasteiger partial charge in [-0.2, -0.15) is 0 Å². The molecule has 3 amide bonds. The molecular formula is C25H22N4O4. The molecule has 8 heteroatoms. The highest BCUT2D eigenvalue weighted by atomic mass is 16.3. The van der Waals surface area contributed by atoms with E-state index in [1.165, 1.54) is 12.3 Å². The third kappa shape index (κ3) is 5.56. The lowest BCUT2D eigenvalue weighted by Gasteiger charge is -2.10. The van der Waals surface area contributed by atoms with Crippen molar-refractivity contribution in [3.05, 3.63) is 106 Å². The molecule has 0 aliphatic rings. The Labute approximate surface area is 189 Å². The predicted molar refractivity (Wildman–Crippen MR) is 126 cm³/mol. The number of hydrogen-bond acceptors (Lipinski definition) is 4. The average molecular weight is 442 g/mol. The molecule has 2 heterocycles. The summed E-state index contributed by atoms with van der Waals surface area (Å²) in [7, 11) is 0. The van der Waals surface area contributed by atoms with E-state index < -0.39 is 11.5 Å². The maximum atomic E-state index is 12.5. The van der Waals surface area contributed by atoms with Crippen LogP contribution in [0.4, 0.5) is 16.2 Å². The molecule has 0 saturated carbocycles. The predicted octanol–water partition coefficient (Wildman–Crippen LogP) is 4.52. The molecule has 0 aliphatic heterocycles. The van der Waals surface area contributed by atoms with Crippen LogP contribution in [-0.4, -0.2) is 16.9 Å². The van der Waals surface area contributed by atoms with Crippen molar-refractivity contribution in [1.29, 1.82) is 0 Å². The molecule has 33 heavy (non-hydrogen) atoms. The van der Waals surface area contributed by atoms with Crippen molar-refractivity contribution in [2.24, 2.45) is 0 Å². The van der Waals surface area contributed by atoms with Crippen LogP contribution in [0.3, 0.4) is 0 Å². The van der Waals surface area contributed by atoms with Crippen LogP contribution in [0.5, 0.6) is 0 Å². The van der Waals surface area contributed by atoms with Gasteiger partial charge in [0.15, 0.2) is 0 Å². The monoisotopic (exact) mass is 442 g/mol. The molecule has 0 atom stereocenters. The van der Waals surface area contributed by atoms with Gasteiger partial charge in [0.1, 0.15) is 11.3 Å². The number of furan rings is 1. The van der Waals surface area contributed by atoms with Gasteiger partial charge in [0, 0.05) is 17.9 Å². The van der Waals surface area contributed by atoms with Crippen LogP contribution in [0.25, 0.3) is 11.5 Å². The molecule has 4 N–H and O–H groups in total. The number of benzene rings is 2. The molecule has 4 rings (SSSR count). The highest BCUT2D eigenvalue weighted by Crippen LogP contribution is 2.16. The second-order valence-corrected chi connectivity index (χ2v) is 7.42. The van der Waals surface area contributed by atoms with Crippen molar-refractivity contribution in [3.63, 3.8) is 0 Å². The summed E-state index contributed by atoms with van der Waals surface area (Å²) in [5, 5.41) is 8.28. The van der Waals surface area contributed by atoms with Gasteiger partial charge in [-0.05, 0) is 66.6 Å². The topological polar surface area (TPSA) is 116 Å². The number of carbonyl (C=O) groups excluding carboxylic acids is 2. The van der Waals surface area contributed by atoms with Crippen LogP contribution < -0.4 is 21.5 Å². The van der Waals surface area contributed by atoms with E-state index in [0.29, 0.717) is 22.8 Å². The Hall–Kier alpha value is -4.59. The minimum absolute atomic E-state index is 0.00267. The quantitative estimate of drug-likeness (QED) is 0.351. The van der Waals surface area contributed by atoms with Gasteiger partial charge in [-0.3, -0.25) is 9.59 Å². The van der Waals surface area contributed by atoms with E-state index in [2.05, 4.69) is 20.9 Å². The van der Waals surface area contributed by atoms with E-state index in [1.807, 2.05) is 31.2 Å². The molecule has 2 aromatic carbocycles. The Kier molecular flexibility index (Phi) is 6.36. The lowest BCUT2D eigenvalue weighted by Crippen LogP contribution is -2.29. The first-order valence-corrected chi connectivity index (χ1v) is 10.3. The maximum absolute atomic E-state index is 12.5. The minimum atomic E-state index is -0.510. The summed E-state index contributed by atoms with van der Waals surface area (Å²) in [4.78, 5) is 39.7. The summed E-state index contributed by atoms with van der Waals surface area (Å²) in [6.45, 7) is 2.13. The van der Waals surface area contributed by atoms with Crippen LogP contribution >= 0.6 is 0 Å². The first-order chi connectivity index (χ1) is 16.0. The molecule has 0 radical (unpaired) electrons. The van der Waals surface area contributed by atoms with E-state index >= 15 is 0 Å². The smallest absolute Gasteiger partial charge is 0.323 e. The molecule has 0 fully saturated rings. The highest BCUT2D eigenvalue weighted by Gasteiger charge is 2.12. The van der Waals surface area contributed by atoms with E-state index in [1.54, 1.807) is 42.5 Å². The van der Waals surface area contributed by atoms with Crippen molar-refractivity contribution in [3.8, 4) is 11.5 Å². The third-order valence-electron chi connectivity index (χ3n) is 4.85. The largest absolute Gasteiger partial charge is 0.463 e. The molecule has 166 valence electrons. The van der Waals surface area contributed by atoms with Crippen LogP contribution in [0, 0.1) is 6.92 Å². The number of nitrogens with one attached hydrogen (secondary N) is 4. The lowest BCUT2D eigenvalue weighted by atomic mass is 10.2. The Bertz CT molecular complexity index is 1340. The van der Waals surface area contributed by atoms with Crippen LogP contribution in [0.2, 0.25) is 0 Å². The highest BCUT2D eigenvalue weighted by molar-refractivity contribution is 5.99. The van der Waals surface area contributed by atoms with Crippen molar-refractivity contribution in [2.45, 2.75) is 13.5 Å². The first kappa shape index (κ1) is 21.6. The van der Waals surface area contributed by atoms with Crippen molar-refractivity contribution in [2.75, 3.05) is 10.6 Å². The van der Waals surface area contributed by atoms with E-state index in [0.717, 1.165) is 11.1 Å². The number of aromatic nitrogens is 1.